The first kappa shape index (κ1) is 18.2. The molecule has 3 rings (SSSR count). The fraction of sp³-hybridized carbons (Fsp3) is 0.211. The van der Waals surface area contributed by atoms with Crippen molar-refractivity contribution in [2.24, 2.45) is 0 Å². The van der Waals surface area contributed by atoms with Crippen molar-refractivity contribution in [2.45, 2.75) is 19.9 Å². The molecule has 0 unspecified atom stereocenters. The van der Waals surface area contributed by atoms with E-state index < -0.39 is 0 Å². The first-order valence-corrected chi connectivity index (χ1v) is 8.44. The van der Waals surface area contributed by atoms with Gasteiger partial charge in [-0.2, -0.15) is 0 Å². The van der Waals surface area contributed by atoms with Crippen LogP contribution in [-0.2, 0) is 22.6 Å². The van der Waals surface area contributed by atoms with E-state index in [0.29, 0.717) is 12.2 Å². The van der Waals surface area contributed by atoms with Crippen molar-refractivity contribution < 1.29 is 9.59 Å². The first-order chi connectivity index (χ1) is 13.0. The number of hydrogen-bond donors (Lipinski definition) is 1. The van der Waals surface area contributed by atoms with Crippen molar-refractivity contribution in [3.63, 3.8) is 0 Å². The lowest BCUT2D eigenvalue weighted by Crippen LogP contribution is -2.24. The van der Waals surface area contributed by atoms with E-state index in [1.807, 2.05) is 48.5 Å². The number of carbonyl (C=O) groups is 2. The number of tetrazole rings is 1. The number of nitrogens with one attached hydrogen (secondary N) is 1. The highest BCUT2D eigenvalue weighted by atomic mass is 16.2. The largest absolute Gasteiger partial charge is 0.342 e. The summed E-state index contributed by atoms with van der Waals surface area (Å²) in [5.74, 6) is -0.151. The molecule has 0 bridgehead atoms. The quantitative estimate of drug-likeness (QED) is 0.720. The van der Waals surface area contributed by atoms with Gasteiger partial charge in [0.25, 0.3) is 0 Å². The highest BCUT2D eigenvalue weighted by molar-refractivity contribution is 5.93. The maximum absolute atomic E-state index is 12.4. The monoisotopic (exact) mass is 364 g/mol. The summed E-state index contributed by atoms with van der Waals surface area (Å²) in [6.07, 6.45) is 1.75. The Morgan fingerprint density at radius 3 is 2.52 bits per heavy atom. The molecule has 27 heavy (non-hydrogen) atoms. The molecule has 8 heteroatoms. The van der Waals surface area contributed by atoms with Gasteiger partial charge in [0.05, 0.1) is 12.1 Å². The number of aromatic nitrogens is 4. The number of carbonyl (C=O) groups excluding carboxylic acids is 2. The summed E-state index contributed by atoms with van der Waals surface area (Å²) >= 11 is 0. The standard InChI is InChI=1S/C19H20N6O2/c1-14(26)24(2)12-16-5-3-4-6-18(16)21-19(27)11-15-7-9-17(10-8-15)25-13-20-22-23-25/h3-10,13H,11-12H2,1-2H3,(H,21,27). The van der Waals surface area contributed by atoms with Gasteiger partial charge in [0.2, 0.25) is 11.8 Å². The number of hydrogen-bond acceptors (Lipinski definition) is 5. The van der Waals surface area contributed by atoms with Crippen LogP contribution in [0.5, 0.6) is 0 Å². The maximum atomic E-state index is 12.4. The molecule has 0 saturated carbocycles. The van der Waals surface area contributed by atoms with Crippen LogP contribution in [0.3, 0.4) is 0 Å². The molecular weight excluding hydrogens is 344 g/mol. The minimum Gasteiger partial charge on any atom is -0.342 e. The Kier molecular flexibility index (Phi) is 5.55. The van der Waals surface area contributed by atoms with Crippen LogP contribution in [0.4, 0.5) is 5.69 Å². The molecule has 0 fully saturated rings. The van der Waals surface area contributed by atoms with Gasteiger partial charge in [0.1, 0.15) is 6.33 Å². The van der Waals surface area contributed by atoms with Gasteiger partial charge in [-0.3, -0.25) is 9.59 Å². The summed E-state index contributed by atoms with van der Waals surface area (Å²) in [5, 5.41) is 14.0. The van der Waals surface area contributed by atoms with Gasteiger partial charge >= 0.3 is 0 Å². The van der Waals surface area contributed by atoms with E-state index in [-0.39, 0.29) is 18.2 Å². The Morgan fingerprint density at radius 2 is 1.85 bits per heavy atom. The summed E-state index contributed by atoms with van der Waals surface area (Å²) in [6.45, 7) is 1.95. The normalized spacial score (nSPS) is 10.4. The van der Waals surface area contributed by atoms with Crippen LogP contribution in [0, 0.1) is 0 Å². The third kappa shape index (κ3) is 4.75. The molecule has 0 saturated heterocycles. The maximum Gasteiger partial charge on any atom is 0.228 e. The fourth-order valence-electron chi connectivity index (χ4n) is 2.57. The molecular formula is C19H20N6O2. The number of para-hydroxylation sites is 1. The lowest BCUT2D eigenvalue weighted by molar-refractivity contribution is -0.128. The van der Waals surface area contributed by atoms with Crippen LogP contribution >= 0.6 is 0 Å². The molecule has 1 heterocycles. The SMILES string of the molecule is CC(=O)N(C)Cc1ccccc1NC(=O)Cc1ccc(-n2cnnn2)cc1. The van der Waals surface area contributed by atoms with Gasteiger partial charge in [0, 0.05) is 26.2 Å². The van der Waals surface area contributed by atoms with Crippen molar-refractivity contribution in [3.8, 4) is 5.69 Å². The molecule has 8 nitrogen and oxygen atoms in total. The third-order valence-corrected chi connectivity index (χ3v) is 4.15. The predicted octanol–water partition coefficient (Wildman–Crippen LogP) is 1.82. The van der Waals surface area contributed by atoms with Crippen LogP contribution in [0.15, 0.2) is 54.9 Å². The molecule has 1 aromatic heterocycles. The van der Waals surface area contributed by atoms with E-state index in [1.165, 1.54) is 13.3 Å². The summed E-state index contributed by atoms with van der Waals surface area (Å²) in [7, 11) is 1.73. The van der Waals surface area contributed by atoms with Crippen LogP contribution in [0.1, 0.15) is 18.1 Å². The van der Waals surface area contributed by atoms with Gasteiger partial charge in [-0.05, 0) is 39.8 Å². The summed E-state index contributed by atoms with van der Waals surface area (Å²) in [5.41, 5.74) is 3.29. The molecule has 0 radical (unpaired) electrons. The zero-order chi connectivity index (χ0) is 19.2. The van der Waals surface area contributed by atoms with E-state index >= 15 is 0 Å². The molecule has 0 aliphatic rings. The van der Waals surface area contributed by atoms with Crippen LogP contribution in [0.2, 0.25) is 0 Å². The molecule has 3 aromatic rings. The van der Waals surface area contributed by atoms with Crippen molar-refractivity contribution >= 4 is 17.5 Å². The zero-order valence-electron chi connectivity index (χ0n) is 15.2. The van der Waals surface area contributed by atoms with Crippen molar-refractivity contribution in [1.82, 2.24) is 25.1 Å². The topological polar surface area (TPSA) is 93.0 Å². The minimum atomic E-state index is -0.122. The lowest BCUT2D eigenvalue weighted by Gasteiger charge is -2.18. The molecule has 1 N–H and O–H groups in total. The minimum absolute atomic E-state index is 0.0289. The van der Waals surface area contributed by atoms with Gasteiger partial charge in [-0.25, -0.2) is 4.68 Å². The van der Waals surface area contributed by atoms with Gasteiger partial charge in [-0.15, -0.1) is 5.10 Å². The Bertz CT molecular complexity index is 922. The van der Waals surface area contributed by atoms with E-state index in [4.69, 9.17) is 0 Å². The number of nitrogens with zero attached hydrogens (tertiary/aromatic N) is 5. The Morgan fingerprint density at radius 1 is 1.11 bits per heavy atom. The number of anilines is 1. The van der Waals surface area contributed by atoms with Crippen molar-refractivity contribution in [1.29, 1.82) is 0 Å². The third-order valence-electron chi connectivity index (χ3n) is 4.15. The van der Waals surface area contributed by atoms with Gasteiger partial charge in [0.15, 0.2) is 0 Å². The van der Waals surface area contributed by atoms with Crippen molar-refractivity contribution in [3.05, 3.63) is 66.0 Å². The zero-order valence-corrected chi connectivity index (χ0v) is 15.2. The summed E-state index contributed by atoms with van der Waals surface area (Å²) in [4.78, 5) is 25.5. The smallest absolute Gasteiger partial charge is 0.228 e. The van der Waals surface area contributed by atoms with E-state index in [1.54, 1.807) is 16.6 Å². The van der Waals surface area contributed by atoms with Crippen LogP contribution in [0.25, 0.3) is 5.69 Å². The molecule has 0 spiro atoms. The summed E-state index contributed by atoms with van der Waals surface area (Å²) in [6, 6.07) is 14.9. The average Bonchev–Trinajstić information content (AvgIpc) is 3.18. The van der Waals surface area contributed by atoms with Crippen LogP contribution < -0.4 is 5.32 Å². The number of amides is 2. The molecule has 138 valence electrons. The molecule has 2 aromatic carbocycles. The number of rotatable bonds is 6. The van der Waals surface area contributed by atoms with Gasteiger partial charge < -0.3 is 10.2 Å². The van der Waals surface area contributed by atoms with E-state index in [2.05, 4.69) is 20.8 Å². The molecule has 0 atom stereocenters. The Balaban J connectivity index is 1.65. The number of benzene rings is 2. The van der Waals surface area contributed by atoms with Crippen LogP contribution in [-0.4, -0.2) is 44.0 Å². The van der Waals surface area contributed by atoms with Gasteiger partial charge in [-0.1, -0.05) is 30.3 Å². The van der Waals surface area contributed by atoms with E-state index in [9.17, 15) is 9.59 Å². The predicted molar refractivity (Wildman–Crippen MR) is 100 cm³/mol. The fourth-order valence-corrected chi connectivity index (χ4v) is 2.57. The second kappa shape index (κ2) is 8.22. The Labute approximate surface area is 156 Å². The lowest BCUT2D eigenvalue weighted by atomic mass is 10.1. The second-order valence-electron chi connectivity index (χ2n) is 6.18. The molecule has 2 amide bonds. The van der Waals surface area contributed by atoms with E-state index in [0.717, 1.165) is 16.8 Å². The highest BCUT2D eigenvalue weighted by Crippen LogP contribution is 2.17. The van der Waals surface area contributed by atoms with Crippen molar-refractivity contribution in [2.75, 3.05) is 12.4 Å². The average molecular weight is 364 g/mol. The molecule has 0 aliphatic carbocycles. The first-order valence-electron chi connectivity index (χ1n) is 8.44. The second-order valence-corrected chi connectivity index (χ2v) is 6.18. The molecule has 0 aliphatic heterocycles. The highest BCUT2D eigenvalue weighted by Gasteiger charge is 2.11. The Hall–Kier alpha value is -3.55. The summed E-state index contributed by atoms with van der Waals surface area (Å²) < 4.78 is 1.55.